The summed E-state index contributed by atoms with van der Waals surface area (Å²) in [5.74, 6) is -0.0507. The van der Waals surface area contributed by atoms with Crippen LogP contribution in [0.15, 0.2) is 0 Å². The normalized spacial score (nSPS) is 22.5. The minimum Gasteiger partial charge on any atom is -0.216 e. The number of nitrogens with one attached hydrogen (secondary N) is 2. The molecule has 1 fully saturated rings. The maximum Gasteiger partial charge on any atom is 0.279 e. The third-order valence-electron chi connectivity index (χ3n) is 2.93. The lowest BCUT2D eigenvalue weighted by molar-refractivity contribution is 0.264. The summed E-state index contributed by atoms with van der Waals surface area (Å²) in [4.78, 5) is 0. The highest BCUT2D eigenvalue weighted by Crippen LogP contribution is 2.18. The van der Waals surface area contributed by atoms with Gasteiger partial charge in [-0.15, -0.1) is 0 Å². The maximum absolute atomic E-state index is 11.9. The van der Waals surface area contributed by atoms with E-state index in [0.717, 1.165) is 12.8 Å². The van der Waals surface area contributed by atoms with Gasteiger partial charge in [-0.1, -0.05) is 6.92 Å². The quantitative estimate of drug-likeness (QED) is 0.542. The second-order valence-corrected chi connectivity index (χ2v) is 7.79. The molecule has 0 saturated carbocycles. The Balaban J connectivity index is 2.54. The van der Waals surface area contributed by atoms with E-state index in [1.165, 1.54) is 4.31 Å². The van der Waals surface area contributed by atoms with Crippen LogP contribution in [0.25, 0.3) is 0 Å². The van der Waals surface area contributed by atoms with Gasteiger partial charge in [-0.3, -0.25) is 0 Å². The Morgan fingerprint density at radius 1 is 1.26 bits per heavy atom. The van der Waals surface area contributed by atoms with E-state index in [9.17, 15) is 16.8 Å². The van der Waals surface area contributed by atoms with Gasteiger partial charge < -0.3 is 0 Å². The Morgan fingerprint density at radius 3 is 2.53 bits per heavy atom. The number of hydrogen-bond acceptors (Lipinski definition) is 4. The Labute approximate surface area is 115 Å². The van der Waals surface area contributed by atoms with Crippen molar-refractivity contribution in [2.75, 3.05) is 26.2 Å². The molecule has 0 radical (unpaired) electrons. The second-order valence-electron chi connectivity index (χ2n) is 4.66. The third-order valence-corrected chi connectivity index (χ3v) is 5.08. The van der Waals surface area contributed by atoms with Crippen LogP contribution in [-0.2, 0) is 20.4 Å². The molecule has 0 aromatic carbocycles. The molecule has 19 heavy (non-hydrogen) atoms. The lowest BCUT2D eigenvalue weighted by Crippen LogP contribution is -2.48. The van der Waals surface area contributed by atoms with Crippen LogP contribution in [0.5, 0.6) is 0 Å². The molecule has 1 rings (SSSR count). The molecule has 1 heterocycles. The molecular weight excluding hydrogens is 292 g/mol. The van der Waals surface area contributed by atoms with E-state index >= 15 is 0 Å². The fourth-order valence-electron chi connectivity index (χ4n) is 1.97. The molecule has 1 aliphatic heterocycles. The van der Waals surface area contributed by atoms with Gasteiger partial charge in [0.05, 0.1) is 0 Å². The zero-order valence-electron chi connectivity index (χ0n) is 11.0. The fourth-order valence-corrected chi connectivity index (χ4v) is 3.86. The largest absolute Gasteiger partial charge is 0.279 e. The molecule has 0 spiro atoms. The molecule has 0 amide bonds. The van der Waals surface area contributed by atoms with E-state index in [1.807, 2.05) is 6.92 Å². The van der Waals surface area contributed by atoms with Crippen LogP contribution in [0.1, 0.15) is 26.2 Å². The van der Waals surface area contributed by atoms with Crippen molar-refractivity contribution in [3.05, 3.63) is 0 Å². The van der Waals surface area contributed by atoms with Crippen LogP contribution in [0.3, 0.4) is 0 Å². The summed E-state index contributed by atoms with van der Waals surface area (Å²) in [5, 5.41) is 4.86. The molecule has 1 unspecified atom stereocenters. The summed E-state index contributed by atoms with van der Waals surface area (Å²) in [7, 11) is -7.18. The SMILES string of the molecule is CCCNS(=O)(=O)N1CCCC(CNS(N)(=O)=O)C1. The summed E-state index contributed by atoms with van der Waals surface area (Å²) >= 11 is 0. The van der Waals surface area contributed by atoms with Crippen molar-refractivity contribution in [1.82, 2.24) is 13.7 Å². The predicted octanol–water partition coefficient (Wildman–Crippen LogP) is -1.26. The molecule has 1 saturated heterocycles. The summed E-state index contributed by atoms with van der Waals surface area (Å²) in [6, 6.07) is 0. The van der Waals surface area contributed by atoms with Crippen molar-refractivity contribution >= 4 is 20.4 Å². The minimum absolute atomic E-state index is 0.0507. The van der Waals surface area contributed by atoms with Crippen molar-refractivity contribution in [1.29, 1.82) is 0 Å². The average molecular weight is 314 g/mol. The first-order valence-electron chi connectivity index (χ1n) is 6.26. The van der Waals surface area contributed by atoms with Crippen LogP contribution in [0.4, 0.5) is 0 Å². The highest BCUT2D eigenvalue weighted by molar-refractivity contribution is 7.87. The molecule has 0 aromatic heterocycles. The molecule has 0 aliphatic carbocycles. The summed E-state index contributed by atoms with van der Waals surface area (Å²) < 4.78 is 51.6. The second kappa shape index (κ2) is 6.95. The monoisotopic (exact) mass is 314 g/mol. The zero-order valence-corrected chi connectivity index (χ0v) is 12.6. The van der Waals surface area contributed by atoms with E-state index < -0.39 is 20.4 Å². The number of hydrogen-bond donors (Lipinski definition) is 3. The standard InChI is InChI=1S/C9H22N4O4S2/c1-2-5-11-19(16,17)13-6-3-4-9(8-13)7-12-18(10,14)15/h9,11-12H,2-8H2,1H3,(H2,10,14,15). The third kappa shape index (κ3) is 6.15. The van der Waals surface area contributed by atoms with E-state index in [1.54, 1.807) is 0 Å². The van der Waals surface area contributed by atoms with Crippen LogP contribution in [0, 0.1) is 5.92 Å². The smallest absolute Gasteiger partial charge is 0.216 e. The highest BCUT2D eigenvalue weighted by atomic mass is 32.2. The van der Waals surface area contributed by atoms with Gasteiger partial charge in [0.15, 0.2) is 0 Å². The van der Waals surface area contributed by atoms with Crippen molar-refractivity contribution in [2.45, 2.75) is 26.2 Å². The van der Waals surface area contributed by atoms with Gasteiger partial charge in [-0.05, 0) is 25.2 Å². The molecule has 114 valence electrons. The van der Waals surface area contributed by atoms with Gasteiger partial charge in [-0.2, -0.15) is 21.1 Å². The molecular formula is C9H22N4O4S2. The van der Waals surface area contributed by atoms with Crippen molar-refractivity contribution in [2.24, 2.45) is 11.1 Å². The molecule has 10 heteroatoms. The first-order valence-corrected chi connectivity index (χ1v) is 9.25. The summed E-state index contributed by atoms with van der Waals surface area (Å²) in [6.07, 6.45) is 2.22. The molecule has 4 N–H and O–H groups in total. The van der Waals surface area contributed by atoms with Gasteiger partial charge >= 0.3 is 0 Å². The lowest BCUT2D eigenvalue weighted by Gasteiger charge is -2.31. The number of piperidine rings is 1. The summed E-state index contributed by atoms with van der Waals surface area (Å²) in [6.45, 7) is 3.22. The molecule has 8 nitrogen and oxygen atoms in total. The number of nitrogens with zero attached hydrogens (tertiary/aromatic N) is 1. The Bertz CT molecular complexity index is 476. The van der Waals surface area contributed by atoms with Crippen LogP contribution >= 0.6 is 0 Å². The van der Waals surface area contributed by atoms with E-state index in [-0.39, 0.29) is 12.5 Å². The average Bonchev–Trinajstić information content (AvgIpc) is 2.33. The van der Waals surface area contributed by atoms with Gasteiger partial charge in [0.25, 0.3) is 20.4 Å². The predicted molar refractivity (Wildman–Crippen MR) is 72.6 cm³/mol. The van der Waals surface area contributed by atoms with E-state index in [4.69, 9.17) is 5.14 Å². The van der Waals surface area contributed by atoms with Crippen molar-refractivity contribution in [3.8, 4) is 0 Å². The minimum atomic E-state index is -3.72. The fraction of sp³-hybridized carbons (Fsp3) is 1.00. The van der Waals surface area contributed by atoms with Crippen LogP contribution in [0.2, 0.25) is 0 Å². The highest BCUT2D eigenvalue weighted by Gasteiger charge is 2.28. The molecule has 1 atom stereocenters. The first kappa shape index (κ1) is 16.8. The molecule has 0 aromatic rings. The maximum atomic E-state index is 11.9. The number of nitrogens with two attached hydrogens (primary N) is 1. The Kier molecular flexibility index (Phi) is 6.15. The van der Waals surface area contributed by atoms with Crippen molar-refractivity contribution in [3.63, 3.8) is 0 Å². The Morgan fingerprint density at radius 2 is 1.95 bits per heavy atom. The van der Waals surface area contributed by atoms with Crippen molar-refractivity contribution < 1.29 is 16.8 Å². The zero-order chi connectivity index (χ0) is 14.5. The number of rotatable bonds is 7. The van der Waals surface area contributed by atoms with E-state index in [2.05, 4.69) is 9.44 Å². The topological polar surface area (TPSA) is 122 Å². The molecule has 1 aliphatic rings. The van der Waals surface area contributed by atoms with Gasteiger partial charge in [0, 0.05) is 26.2 Å². The van der Waals surface area contributed by atoms with Gasteiger partial charge in [-0.25, -0.2) is 14.6 Å². The summed E-state index contributed by atoms with van der Waals surface area (Å²) in [5.41, 5.74) is 0. The molecule has 0 bridgehead atoms. The lowest BCUT2D eigenvalue weighted by atomic mass is 10.0. The van der Waals surface area contributed by atoms with Gasteiger partial charge in [0.1, 0.15) is 0 Å². The van der Waals surface area contributed by atoms with Crippen LogP contribution in [-0.4, -0.2) is 47.3 Å². The van der Waals surface area contributed by atoms with Crippen LogP contribution < -0.4 is 14.6 Å². The van der Waals surface area contributed by atoms with E-state index in [0.29, 0.717) is 26.1 Å². The Hall–Kier alpha value is -0.260. The van der Waals surface area contributed by atoms with Gasteiger partial charge in [0.2, 0.25) is 0 Å². The first-order chi connectivity index (χ1) is 8.74.